The summed E-state index contributed by atoms with van der Waals surface area (Å²) in [5.41, 5.74) is 3.73. The molecule has 0 radical (unpaired) electrons. The largest absolute Gasteiger partial charge is 0.297 e. The van der Waals surface area contributed by atoms with Crippen molar-refractivity contribution in [2.75, 3.05) is 0 Å². The van der Waals surface area contributed by atoms with Gasteiger partial charge in [0.2, 0.25) is 0 Å². The minimum Gasteiger partial charge on any atom is -0.297 e. The van der Waals surface area contributed by atoms with E-state index >= 15 is 0 Å². The summed E-state index contributed by atoms with van der Waals surface area (Å²) in [6, 6.07) is 14.7. The molecule has 0 spiro atoms. The topological polar surface area (TPSA) is 55.2 Å². The molecule has 4 rings (SSSR count). The molecule has 2 aromatic carbocycles. The van der Waals surface area contributed by atoms with Gasteiger partial charge in [-0.2, -0.15) is 0 Å². The molecule has 0 saturated heterocycles. The molecule has 3 aromatic rings. The quantitative estimate of drug-likeness (QED) is 0.719. The second kappa shape index (κ2) is 5.21. The summed E-state index contributed by atoms with van der Waals surface area (Å²) in [6.45, 7) is 4.06. The van der Waals surface area contributed by atoms with Gasteiger partial charge in [-0.1, -0.05) is 29.8 Å². The van der Waals surface area contributed by atoms with E-state index in [1.165, 1.54) is 4.31 Å². The smallest absolute Gasteiger partial charge is 0.264 e. The van der Waals surface area contributed by atoms with Crippen LogP contribution in [0.5, 0.6) is 0 Å². The Morgan fingerprint density at radius 3 is 2.46 bits per heavy atom. The zero-order valence-corrected chi connectivity index (χ0v) is 14.3. The van der Waals surface area contributed by atoms with Crippen LogP contribution in [0.15, 0.2) is 59.6 Å². The highest BCUT2D eigenvalue weighted by molar-refractivity contribution is 7.89. The Kier molecular flexibility index (Phi) is 3.25. The minimum absolute atomic E-state index is 0.224. The summed E-state index contributed by atoms with van der Waals surface area (Å²) >= 11 is 0. The second-order valence-corrected chi connectivity index (χ2v) is 7.88. The van der Waals surface area contributed by atoms with E-state index in [-0.39, 0.29) is 6.54 Å². The molecule has 0 amide bonds. The normalized spacial score (nSPS) is 14.6. The van der Waals surface area contributed by atoms with Crippen LogP contribution in [0, 0.1) is 6.92 Å². The van der Waals surface area contributed by atoms with Gasteiger partial charge in [-0.05, 0) is 38.1 Å². The van der Waals surface area contributed by atoms with E-state index in [4.69, 9.17) is 0 Å². The predicted octanol–water partition coefficient (Wildman–Crippen LogP) is 3.37. The number of imidazole rings is 1. The fourth-order valence-corrected chi connectivity index (χ4v) is 4.35. The van der Waals surface area contributed by atoms with E-state index in [1.54, 1.807) is 18.3 Å². The van der Waals surface area contributed by atoms with Crippen LogP contribution in [0.2, 0.25) is 0 Å². The maximum absolute atomic E-state index is 12.9. The van der Waals surface area contributed by atoms with Crippen molar-refractivity contribution in [2.24, 2.45) is 0 Å². The molecular formula is C18H17N3O2S. The zero-order valence-electron chi connectivity index (χ0n) is 13.5. The van der Waals surface area contributed by atoms with Crippen molar-refractivity contribution < 1.29 is 8.42 Å². The molecule has 1 aliphatic rings. The van der Waals surface area contributed by atoms with Crippen LogP contribution >= 0.6 is 0 Å². The van der Waals surface area contributed by atoms with Gasteiger partial charge >= 0.3 is 0 Å². The van der Waals surface area contributed by atoms with Crippen LogP contribution in [-0.2, 0) is 16.6 Å². The standard InChI is InChI=1S/C18H17N3O2S/c1-13-7-9-15(10-8-13)24(22,23)20-11-14(2)21-17-6-4-3-5-16(17)19-18(21)12-20/h3-11H,12H2,1-2H3. The molecule has 0 N–H and O–H groups in total. The van der Waals surface area contributed by atoms with Crippen molar-refractivity contribution in [1.29, 1.82) is 0 Å². The Bertz CT molecular complexity index is 1060. The minimum atomic E-state index is -3.59. The van der Waals surface area contributed by atoms with E-state index in [0.29, 0.717) is 4.90 Å². The summed E-state index contributed by atoms with van der Waals surface area (Å²) in [6.07, 6.45) is 1.68. The molecule has 0 atom stereocenters. The number of rotatable bonds is 2. The fraction of sp³-hybridized carbons (Fsp3) is 0.167. The molecule has 0 aliphatic carbocycles. The highest BCUT2D eigenvalue weighted by Gasteiger charge is 2.28. The predicted molar refractivity (Wildman–Crippen MR) is 93.6 cm³/mol. The van der Waals surface area contributed by atoms with Crippen LogP contribution in [0.3, 0.4) is 0 Å². The van der Waals surface area contributed by atoms with Crippen LogP contribution in [0.1, 0.15) is 18.3 Å². The first-order valence-corrected chi connectivity index (χ1v) is 9.14. The van der Waals surface area contributed by atoms with E-state index in [0.717, 1.165) is 28.1 Å². The summed E-state index contributed by atoms with van der Waals surface area (Å²) in [5, 5.41) is 0. The van der Waals surface area contributed by atoms with Crippen LogP contribution < -0.4 is 0 Å². The van der Waals surface area contributed by atoms with Crippen LogP contribution in [0.25, 0.3) is 16.7 Å². The van der Waals surface area contributed by atoms with Crippen molar-refractivity contribution >= 4 is 26.8 Å². The Balaban J connectivity index is 1.80. The Hall–Kier alpha value is -2.60. The highest BCUT2D eigenvalue weighted by Crippen LogP contribution is 2.29. The van der Waals surface area contributed by atoms with Gasteiger partial charge in [-0.3, -0.25) is 8.87 Å². The van der Waals surface area contributed by atoms with Gasteiger partial charge < -0.3 is 0 Å². The van der Waals surface area contributed by atoms with Crippen molar-refractivity contribution in [3.05, 3.63) is 66.1 Å². The number of nitrogens with zero attached hydrogens (tertiary/aromatic N) is 3. The summed E-state index contributed by atoms with van der Waals surface area (Å²) in [5.74, 6) is 0.729. The van der Waals surface area contributed by atoms with Gasteiger partial charge in [0.05, 0.1) is 22.5 Å². The Morgan fingerprint density at radius 2 is 1.71 bits per heavy atom. The average Bonchev–Trinajstić information content (AvgIpc) is 2.94. The van der Waals surface area contributed by atoms with E-state index in [9.17, 15) is 8.42 Å². The van der Waals surface area contributed by atoms with Crippen LogP contribution in [0.4, 0.5) is 0 Å². The fourth-order valence-electron chi connectivity index (χ4n) is 3.03. The molecule has 0 saturated carbocycles. The third-order valence-electron chi connectivity index (χ3n) is 4.24. The van der Waals surface area contributed by atoms with Gasteiger partial charge in [0.25, 0.3) is 10.0 Å². The number of allylic oxidation sites excluding steroid dienone is 1. The number of benzene rings is 2. The van der Waals surface area contributed by atoms with Crippen molar-refractivity contribution in [3.63, 3.8) is 0 Å². The van der Waals surface area contributed by atoms with Crippen molar-refractivity contribution in [3.8, 4) is 0 Å². The lowest BCUT2D eigenvalue weighted by Gasteiger charge is -2.26. The average molecular weight is 339 g/mol. The molecule has 5 nitrogen and oxygen atoms in total. The SMILES string of the molecule is CC1=CN(S(=O)(=O)c2ccc(C)cc2)Cc2nc3ccccc3n21. The number of fused-ring (bicyclic) bond motifs is 3. The van der Waals surface area contributed by atoms with E-state index in [2.05, 4.69) is 4.98 Å². The maximum atomic E-state index is 12.9. The zero-order chi connectivity index (χ0) is 16.9. The number of aromatic nitrogens is 2. The Labute approximate surface area is 140 Å². The first-order valence-electron chi connectivity index (χ1n) is 7.70. The molecule has 1 aromatic heterocycles. The van der Waals surface area contributed by atoms with Gasteiger partial charge in [0.15, 0.2) is 0 Å². The van der Waals surface area contributed by atoms with E-state index in [1.807, 2.05) is 54.8 Å². The monoisotopic (exact) mass is 339 g/mol. The number of hydrogen-bond donors (Lipinski definition) is 0. The molecule has 0 unspecified atom stereocenters. The number of hydrogen-bond acceptors (Lipinski definition) is 3. The molecule has 6 heteroatoms. The van der Waals surface area contributed by atoms with E-state index < -0.39 is 10.0 Å². The third-order valence-corrected chi connectivity index (χ3v) is 5.96. The number of para-hydroxylation sites is 2. The first-order chi connectivity index (χ1) is 11.5. The van der Waals surface area contributed by atoms with Crippen molar-refractivity contribution in [1.82, 2.24) is 13.9 Å². The molecule has 1 aliphatic heterocycles. The van der Waals surface area contributed by atoms with Crippen molar-refractivity contribution in [2.45, 2.75) is 25.3 Å². The molecule has 122 valence electrons. The molecule has 0 fully saturated rings. The molecule has 0 bridgehead atoms. The summed E-state index contributed by atoms with van der Waals surface area (Å²) in [7, 11) is -3.59. The lowest BCUT2D eigenvalue weighted by Crippen LogP contribution is -2.30. The summed E-state index contributed by atoms with van der Waals surface area (Å²) < 4.78 is 29.2. The number of aryl methyl sites for hydroxylation is 1. The van der Waals surface area contributed by atoms with Gasteiger partial charge in [0.1, 0.15) is 5.82 Å². The second-order valence-electron chi connectivity index (χ2n) is 5.99. The maximum Gasteiger partial charge on any atom is 0.264 e. The summed E-state index contributed by atoms with van der Waals surface area (Å²) in [4.78, 5) is 4.88. The Morgan fingerprint density at radius 1 is 1.00 bits per heavy atom. The van der Waals surface area contributed by atoms with Gasteiger partial charge in [-0.25, -0.2) is 13.4 Å². The van der Waals surface area contributed by atoms with Gasteiger partial charge in [0, 0.05) is 11.9 Å². The first kappa shape index (κ1) is 15.0. The molecular weight excluding hydrogens is 322 g/mol. The highest BCUT2D eigenvalue weighted by atomic mass is 32.2. The lowest BCUT2D eigenvalue weighted by atomic mass is 10.2. The molecule has 24 heavy (non-hydrogen) atoms. The third kappa shape index (κ3) is 2.22. The van der Waals surface area contributed by atoms with Crippen LogP contribution in [-0.4, -0.2) is 22.3 Å². The van der Waals surface area contributed by atoms with Gasteiger partial charge in [-0.15, -0.1) is 0 Å². The number of sulfonamides is 1. The lowest BCUT2D eigenvalue weighted by molar-refractivity contribution is 0.475. The molecule has 2 heterocycles.